The highest BCUT2D eigenvalue weighted by molar-refractivity contribution is 5.92. The van der Waals surface area contributed by atoms with E-state index in [9.17, 15) is 19.3 Å². The SMILES string of the molecule is COC(=O)c1cc(N2CCCC(N)C2)c([N+](=O)[O-])cc1F. The van der Waals surface area contributed by atoms with Crippen molar-refractivity contribution in [2.75, 3.05) is 25.1 Å². The standard InChI is InChI=1S/C13H16FN3O4/c1-21-13(18)9-5-11(12(17(19)20)6-10(9)14)16-4-2-3-8(15)7-16/h5-6,8H,2-4,7,15H2,1H3. The van der Waals surface area contributed by atoms with Gasteiger partial charge in [-0.2, -0.15) is 0 Å². The van der Waals surface area contributed by atoms with Gasteiger partial charge in [0.2, 0.25) is 0 Å². The van der Waals surface area contributed by atoms with Crippen LogP contribution in [0.25, 0.3) is 0 Å². The van der Waals surface area contributed by atoms with Gasteiger partial charge in [-0.05, 0) is 18.9 Å². The molecule has 7 nitrogen and oxygen atoms in total. The van der Waals surface area contributed by atoms with Crippen molar-refractivity contribution in [3.05, 3.63) is 33.6 Å². The van der Waals surface area contributed by atoms with Crippen molar-refractivity contribution in [2.24, 2.45) is 5.73 Å². The molecule has 1 aromatic carbocycles. The van der Waals surface area contributed by atoms with Gasteiger partial charge in [0, 0.05) is 19.1 Å². The lowest BCUT2D eigenvalue weighted by atomic mass is 10.0. The Bertz CT molecular complexity index is 579. The van der Waals surface area contributed by atoms with Crippen molar-refractivity contribution in [1.29, 1.82) is 0 Å². The van der Waals surface area contributed by atoms with Crippen LogP contribution in [0.3, 0.4) is 0 Å². The average Bonchev–Trinajstić information content (AvgIpc) is 2.46. The third-order valence-electron chi connectivity index (χ3n) is 3.46. The van der Waals surface area contributed by atoms with E-state index >= 15 is 0 Å². The minimum atomic E-state index is -0.974. The van der Waals surface area contributed by atoms with Crippen molar-refractivity contribution < 1.29 is 18.8 Å². The fourth-order valence-electron chi connectivity index (χ4n) is 2.45. The van der Waals surface area contributed by atoms with Crippen LogP contribution in [0.5, 0.6) is 0 Å². The van der Waals surface area contributed by atoms with E-state index in [1.807, 2.05) is 0 Å². The number of carbonyl (C=O) groups excluding carboxylic acids is 1. The number of halogens is 1. The van der Waals surface area contributed by atoms with Crippen LogP contribution in [0.2, 0.25) is 0 Å². The minimum Gasteiger partial charge on any atom is -0.465 e. The zero-order valence-corrected chi connectivity index (χ0v) is 11.5. The monoisotopic (exact) mass is 297 g/mol. The zero-order chi connectivity index (χ0) is 15.6. The van der Waals surface area contributed by atoms with Gasteiger partial charge in [-0.3, -0.25) is 10.1 Å². The molecule has 1 unspecified atom stereocenters. The molecule has 0 amide bonds. The first-order valence-corrected chi connectivity index (χ1v) is 6.50. The van der Waals surface area contributed by atoms with E-state index in [1.165, 1.54) is 0 Å². The molecule has 0 spiro atoms. The van der Waals surface area contributed by atoms with Gasteiger partial charge in [-0.25, -0.2) is 9.18 Å². The van der Waals surface area contributed by atoms with Crippen molar-refractivity contribution in [3.63, 3.8) is 0 Å². The topological polar surface area (TPSA) is 98.7 Å². The Morgan fingerprint density at radius 3 is 2.86 bits per heavy atom. The number of rotatable bonds is 3. The van der Waals surface area contributed by atoms with E-state index in [0.29, 0.717) is 13.1 Å². The molecule has 2 rings (SSSR count). The summed E-state index contributed by atoms with van der Waals surface area (Å²) in [5.41, 5.74) is 5.35. The summed E-state index contributed by atoms with van der Waals surface area (Å²) >= 11 is 0. The maximum Gasteiger partial charge on any atom is 0.340 e. The highest BCUT2D eigenvalue weighted by Gasteiger charge is 2.28. The molecule has 1 aliphatic heterocycles. The summed E-state index contributed by atoms with van der Waals surface area (Å²) in [4.78, 5) is 23.7. The molecule has 1 fully saturated rings. The van der Waals surface area contributed by atoms with E-state index in [-0.39, 0.29) is 23.0 Å². The molecule has 0 radical (unpaired) electrons. The fraction of sp³-hybridized carbons (Fsp3) is 0.462. The quantitative estimate of drug-likeness (QED) is 0.515. The highest BCUT2D eigenvalue weighted by Crippen LogP contribution is 2.33. The van der Waals surface area contributed by atoms with Gasteiger partial charge in [-0.1, -0.05) is 0 Å². The number of methoxy groups -OCH3 is 1. The summed E-state index contributed by atoms with van der Waals surface area (Å²) in [7, 11) is 1.12. The van der Waals surface area contributed by atoms with Crippen LogP contribution in [-0.2, 0) is 4.74 Å². The lowest BCUT2D eigenvalue weighted by molar-refractivity contribution is -0.384. The van der Waals surface area contributed by atoms with Crippen molar-refractivity contribution in [1.82, 2.24) is 0 Å². The van der Waals surface area contributed by atoms with Crippen molar-refractivity contribution in [3.8, 4) is 0 Å². The zero-order valence-electron chi connectivity index (χ0n) is 11.5. The third kappa shape index (κ3) is 3.10. The number of ether oxygens (including phenoxy) is 1. The molecule has 8 heteroatoms. The average molecular weight is 297 g/mol. The number of hydrogen-bond acceptors (Lipinski definition) is 6. The predicted octanol–water partition coefficient (Wildman–Crippen LogP) is 1.45. The number of nitrogens with zero attached hydrogens (tertiary/aromatic N) is 2. The Hall–Kier alpha value is -2.22. The van der Waals surface area contributed by atoms with Gasteiger partial charge in [0.1, 0.15) is 11.5 Å². The summed E-state index contributed by atoms with van der Waals surface area (Å²) in [5, 5.41) is 11.1. The molecule has 114 valence electrons. The molecule has 1 saturated heterocycles. The summed E-state index contributed by atoms with van der Waals surface area (Å²) < 4.78 is 18.3. The molecule has 1 aromatic rings. The normalized spacial score (nSPS) is 18.4. The van der Waals surface area contributed by atoms with Crippen LogP contribution in [-0.4, -0.2) is 37.1 Å². The van der Waals surface area contributed by atoms with Gasteiger partial charge in [-0.15, -0.1) is 0 Å². The largest absolute Gasteiger partial charge is 0.465 e. The molecule has 1 aliphatic rings. The van der Waals surface area contributed by atoms with Crippen LogP contribution in [0.4, 0.5) is 15.8 Å². The Kier molecular flexibility index (Phi) is 4.37. The lowest BCUT2D eigenvalue weighted by Gasteiger charge is -2.32. The molecular formula is C13H16FN3O4. The first-order valence-electron chi connectivity index (χ1n) is 6.50. The fourth-order valence-corrected chi connectivity index (χ4v) is 2.45. The third-order valence-corrected chi connectivity index (χ3v) is 3.46. The van der Waals surface area contributed by atoms with Crippen LogP contribution in [0, 0.1) is 15.9 Å². The number of benzene rings is 1. The molecule has 1 atom stereocenters. The van der Waals surface area contributed by atoms with E-state index in [1.54, 1.807) is 4.90 Å². The second-order valence-electron chi connectivity index (χ2n) is 4.92. The second kappa shape index (κ2) is 6.04. The number of esters is 1. The number of carbonyl (C=O) groups is 1. The summed E-state index contributed by atoms with van der Waals surface area (Å²) in [6.45, 7) is 0.994. The maximum absolute atomic E-state index is 13.8. The summed E-state index contributed by atoms with van der Waals surface area (Å²) in [5.74, 6) is -1.84. The van der Waals surface area contributed by atoms with Gasteiger partial charge >= 0.3 is 5.97 Å². The number of anilines is 1. The van der Waals surface area contributed by atoms with Crippen LogP contribution in [0.15, 0.2) is 12.1 Å². The van der Waals surface area contributed by atoms with Crippen molar-refractivity contribution >= 4 is 17.3 Å². The molecule has 0 aliphatic carbocycles. The van der Waals surface area contributed by atoms with Crippen LogP contribution < -0.4 is 10.6 Å². The molecule has 0 saturated carbocycles. The molecule has 0 bridgehead atoms. The van der Waals surface area contributed by atoms with Crippen molar-refractivity contribution in [2.45, 2.75) is 18.9 Å². The minimum absolute atomic E-state index is 0.106. The summed E-state index contributed by atoms with van der Waals surface area (Å²) in [6.07, 6.45) is 1.61. The van der Waals surface area contributed by atoms with Crippen LogP contribution >= 0.6 is 0 Å². The Labute approximate surface area is 120 Å². The van der Waals surface area contributed by atoms with E-state index in [4.69, 9.17) is 5.73 Å². The molecule has 21 heavy (non-hydrogen) atoms. The molecule has 2 N–H and O–H groups in total. The second-order valence-corrected chi connectivity index (χ2v) is 4.92. The number of hydrogen-bond donors (Lipinski definition) is 1. The first-order chi connectivity index (χ1) is 9.93. The Morgan fingerprint density at radius 1 is 1.57 bits per heavy atom. The highest BCUT2D eigenvalue weighted by atomic mass is 19.1. The Balaban J connectivity index is 2.50. The summed E-state index contributed by atoms with van der Waals surface area (Å²) in [6, 6.07) is 1.81. The molecule has 0 aromatic heterocycles. The maximum atomic E-state index is 13.8. The predicted molar refractivity (Wildman–Crippen MR) is 73.8 cm³/mol. The van der Waals surface area contributed by atoms with E-state index < -0.39 is 16.7 Å². The van der Waals surface area contributed by atoms with E-state index in [0.717, 1.165) is 32.1 Å². The number of nitro groups is 1. The number of nitrogens with two attached hydrogens (primary N) is 1. The van der Waals surface area contributed by atoms with Gasteiger partial charge < -0.3 is 15.4 Å². The number of piperidine rings is 1. The molecular weight excluding hydrogens is 281 g/mol. The molecule has 1 heterocycles. The van der Waals surface area contributed by atoms with Gasteiger partial charge in [0.15, 0.2) is 0 Å². The number of nitro benzene ring substituents is 1. The first kappa shape index (κ1) is 15.2. The van der Waals surface area contributed by atoms with Gasteiger partial charge in [0.25, 0.3) is 5.69 Å². The van der Waals surface area contributed by atoms with Crippen LogP contribution in [0.1, 0.15) is 23.2 Å². The smallest absolute Gasteiger partial charge is 0.340 e. The Morgan fingerprint density at radius 2 is 2.29 bits per heavy atom. The van der Waals surface area contributed by atoms with E-state index in [2.05, 4.69) is 4.74 Å². The van der Waals surface area contributed by atoms with Gasteiger partial charge in [0.05, 0.1) is 23.7 Å². The lowest BCUT2D eigenvalue weighted by Crippen LogP contribution is -2.43.